The van der Waals surface area contributed by atoms with Gasteiger partial charge in [0.05, 0.1) is 17.1 Å². The van der Waals surface area contributed by atoms with Crippen molar-refractivity contribution in [2.75, 3.05) is 14.7 Å². The SMILES string of the molecule is Fc1ccc(N2c3cccc(c3)Oc3cccc(c3)N(c3ccc(F)cc3)c3cc(N(c4ccccc4)c4ccccc4)cc2c3)cc1. The van der Waals surface area contributed by atoms with Crippen molar-refractivity contribution in [2.24, 2.45) is 0 Å². The van der Waals surface area contributed by atoms with E-state index in [-0.39, 0.29) is 11.6 Å². The van der Waals surface area contributed by atoms with E-state index in [4.69, 9.17) is 4.74 Å². The van der Waals surface area contributed by atoms with Gasteiger partial charge < -0.3 is 19.4 Å². The molecular formula is C42H29F2N3O. The molecule has 7 aromatic carbocycles. The van der Waals surface area contributed by atoms with Gasteiger partial charge in [0, 0.05) is 46.3 Å². The summed E-state index contributed by atoms with van der Waals surface area (Å²) < 4.78 is 35.0. The molecule has 4 nitrogen and oxygen atoms in total. The third-order valence-corrected chi connectivity index (χ3v) is 8.25. The Morgan fingerprint density at radius 1 is 0.354 bits per heavy atom. The maximum atomic E-state index is 14.3. The van der Waals surface area contributed by atoms with Gasteiger partial charge in [0.15, 0.2) is 0 Å². The molecule has 1 aliphatic heterocycles. The van der Waals surface area contributed by atoms with Crippen LogP contribution in [0.15, 0.2) is 176 Å². The standard InChI is InChI=1S/C42H29F2N3O/c43-30-17-21-34(22-18-30)46-36-13-7-15-41(28-36)48-42-16-8-14-37(29-42)47(35-23-19-31(44)20-24-35)40-26-38(25-39(46)27-40)45(32-9-3-1-4-10-32)33-11-5-2-6-12-33/h1-29H. The number of anilines is 9. The quantitative estimate of drug-likeness (QED) is 0.189. The molecule has 7 aromatic rings. The second-order valence-corrected chi connectivity index (χ2v) is 11.4. The second kappa shape index (κ2) is 12.4. The minimum atomic E-state index is -0.320. The summed E-state index contributed by atoms with van der Waals surface area (Å²) in [7, 11) is 0. The van der Waals surface area contributed by atoms with E-state index in [0.29, 0.717) is 11.5 Å². The van der Waals surface area contributed by atoms with Crippen molar-refractivity contribution in [1.82, 2.24) is 0 Å². The van der Waals surface area contributed by atoms with Crippen LogP contribution >= 0.6 is 0 Å². The number of para-hydroxylation sites is 2. The zero-order valence-electron chi connectivity index (χ0n) is 25.7. The van der Waals surface area contributed by atoms with Crippen molar-refractivity contribution < 1.29 is 13.5 Å². The van der Waals surface area contributed by atoms with E-state index < -0.39 is 0 Å². The number of benzene rings is 7. The fourth-order valence-electron chi connectivity index (χ4n) is 6.15. The van der Waals surface area contributed by atoms with Crippen LogP contribution in [0.5, 0.6) is 11.5 Å². The van der Waals surface area contributed by atoms with Crippen LogP contribution < -0.4 is 19.4 Å². The third kappa shape index (κ3) is 5.72. The third-order valence-electron chi connectivity index (χ3n) is 8.25. The number of nitrogens with zero attached hydrogens (tertiary/aromatic N) is 3. The van der Waals surface area contributed by atoms with Gasteiger partial charge >= 0.3 is 0 Å². The molecule has 0 saturated carbocycles. The van der Waals surface area contributed by atoms with E-state index in [1.807, 2.05) is 84.9 Å². The van der Waals surface area contributed by atoms with Gasteiger partial charge in [0.25, 0.3) is 0 Å². The van der Waals surface area contributed by atoms with Crippen molar-refractivity contribution in [3.8, 4) is 11.5 Å². The maximum Gasteiger partial charge on any atom is 0.129 e. The maximum absolute atomic E-state index is 14.3. The van der Waals surface area contributed by atoms with Gasteiger partial charge in [-0.2, -0.15) is 0 Å². The van der Waals surface area contributed by atoms with Crippen LogP contribution in [0.3, 0.4) is 0 Å². The molecule has 6 heteroatoms. The fourth-order valence-corrected chi connectivity index (χ4v) is 6.15. The Kier molecular flexibility index (Phi) is 7.51. The fraction of sp³-hybridized carbons (Fsp3) is 0. The molecule has 48 heavy (non-hydrogen) atoms. The van der Waals surface area contributed by atoms with E-state index in [9.17, 15) is 8.78 Å². The summed E-state index contributed by atoms with van der Waals surface area (Å²) >= 11 is 0. The zero-order valence-corrected chi connectivity index (χ0v) is 25.7. The molecule has 1 aliphatic rings. The molecule has 0 amide bonds. The van der Waals surface area contributed by atoms with Gasteiger partial charge in [-0.05, 0) is 115 Å². The molecule has 6 bridgehead atoms. The summed E-state index contributed by atoms with van der Waals surface area (Å²) in [5.74, 6) is 0.661. The zero-order chi connectivity index (χ0) is 32.5. The molecule has 0 spiro atoms. The van der Waals surface area contributed by atoms with Crippen molar-refractivity contribution in [2.45, 2.75) is 0 Å². The molecular weight excluding hydrogens is 600 g/mol. The molecule has 0 N–H and O–H groups in total. The Balaban J connectivity index is 1.46. The summed E-state index contributed by atoms with van der Waals surface area (Å²) in [6, 6.07) is 55.4. The first kappa shape index (κ1) is 29.0. The van der Waals surface area contributed by atoms with Gasteiger partial charge in [-0.3, -0.25) is 0 Å². The van der Waals surface area contributed by atoms with Gasteiger partial charge in [0.2, 0.25) is 0 Å². The number of halogens is 2. The summed E-state index contributed by atoms with van der Waals surface area (Å²) in [5, 5.41) is 0. The predicted molar refractivity (Wildman–Crippen MR) is 190 cm³/mol. The van der Waals surface area contributed by atoms with Crippen LogP contribution in [0.25, 0.3) is 0 Å². The molecule has 8 rings (SSSR count). The first-order valence-corrected chi connectivity index (χ1v) is 15.6. The summed E-state index contributed by atoms with van der Waals surface area (Å²) in [6.07, 6.45) is 0. The molecule has 0 aliphatic carbocycles. The van der Waals surface area contributed by atoms with Crippen LogP contribution in [-0.4, -0.2) is 0 Å². The molecule has 1 heterocycles. The second-order valence-electron chi connectivity index (χ2n) is 11.4. The van der Waals surface area contributed by atoms with E-state index in [2.05, 4.69) is 57.2 Å². The molecule has 0 aromatic heterocycles. The molecule has 0 saturated heterocycles. The largest absolute Gasteiger partial charge is 0.457 e. The molecule has 0 fully saturated rings. The Morgan fingerprint density at radius 3 is 1.23 bits per heavy atom. The van der Waals surface area contributed by atoms with Crippen molar-refractivity contribution in [1.29, 1.82) is 0 Å². The highest BCUT2D eigenvalue weighted by Gasteiger charge is 2.23. The van der Waals surface area contributed by atoms with Crippen LogP contribution in [0.2, 0.25) is 0 Å². The van der Waals surface area contributed by atoms with Gasteiger partial charge in [0.1, 0.15) is 23.1 Å². The average Bonchev–Trinajstić information content (AvgIpc) is 3.11. The molecule has 0 radical (unpaired) electrons. The minimum absolute atomic E-state index is 0.320. The van der Waals surface area contributed by atoms with Gasteiger partial charge in [-0.15, -0.1) is 0 Å². The smallest absolute Gasteiger partial charge is 0.129 e. The summed E-state index contributed by atoms with van der Waals surface area (Å²) in [5.41, 5.74) is 7.70. The minimum Gasteiger partial charge on any atom is -0.457 e. The Labute approximate surface area is 277 Å². The Morgan fingerprint density at radius 2 is 0.792 bits per heavy atom. The van der Waals surface area contributed by atoms with E-state index in [1.165, 1.54) is 24.3 Å². The molecule has 0 unspecified atom stereocenters. The van der Waals surface area contributed by atoms with E-state index in [1.54, 1.807) is 24.3 Å². The monoisotopic (exact) mass is 629 g/mol. The van der Waals surface area contributed by atoms with Gasteiger partial charge in [-0.1, -0.05) is 48.5 Å². The normalized spacial score (nSPS) is 12.0. The number of fused-ring (bicyclic) bond motifs is 6. The van der Waals surface area contributed by atoms with Gasteiger partial charge in [-0.25, -0.2) is 8.78 Å². The lowest BCUT2D eigenvalue weighted by atomic mass is 10.1. The first-order chi connectivity index (χ1) is 23.6. The lowest BCUT2D eigenvalue weighted by molar-refractivity contribution is 0.483. The lowest BCUT2D eigenvalue weighted by Gasteiger charge is -2.33. The number of hydrogen-bond donors (Lipinski definition) is 0. The van der Waals surface area contributed by atoms with E-state index >= 15 is 0 Å². The number of rotatable bonds is 5. The Hall–Kier alpha value is -6.40. The van der Waals surface area contributed by atoms with Crippen molar-refractivity contribution >= 4 is 51.2 Å². The topological polar surface area (TPSA) is 19.0 Å². The highest BCUT2D eigenvalue weighted by atomic mass is 19.1. The summed E-state index contributed by atoms with van der Waals surface area (Å²) in [6.45, 7) is 0. The molecule has 232 valence electrons. The highest BCUT2D eigenvalue weighted by molar-refractivity contribution is 5.89. The lowest BCUT2D eigenvalue weighted by Crippen LogP contribution is -2.16. The van der Waals surface area contributed by atoms with E-state index in [0.717, 1.165) is 51.2 Å². The highest BCUT2D eigenvalue weighted by Crippen LogP contribution is 2.47. The number of ether oxygens (including phenoxy) is 1. The summed E-state index contributed by atoms with van der Waals surface area (Å²) in [4.78, 5) is 6.39. The van der Waals surface area contributed by atoms with Crippen LogP contribution in [0.1, 0.15) is 0 Å². The average molecular weight is 630 g/mol. The van der Waals surface area contributed by atoms with Crippen LogP contribution in [0, 0.1) is 11.6 Å². The Bertz CT molecular complexity index is 2040. The predicted octanol–water partition coefficient (Wildman–Crippen LogP) is 12.5. The first-order valence-electron chi connectivity index (χ1n) is 15.6. The van der Waals surface area contributed by atoms with Crippen LogP contribution in [0.4, 0.5) is 60.0 Å². The van der Waals surface area contributed by atoms with Crippen LogP contribution in [-0.2, 0) is 0 Å². The molecule has 0 atom stereocenters. The number of hydrogen-bond acceptors (Lipinski definition) is 4. The van der Waals surface area contributed by atoms with Crippen molar-refractivity contribution in [3.05, 3.63) is 188 Å². The van der Waals surface area contributed by atoms with Crippen molar-refractivity contribution in [3.63, 3.8) is 0 Å².